The monoisotopic (exact) mass is 300 g/mol. The van der Waals surface area contributed by atoms with Crippen LogP contribution in [0, 0.1) is 5.82 Å². The van der Waals surface area contributed by atoms with Crippen molar-refractivity contribution in [3.8, 4) is 11.5 Å². The molecule has 2 aromatic carbocycles. The maximum absolute atomic E-state index is 13.8. The van der Waals surface area contributed by atoms with Crippen LogP contribution in [0.15, 0.2) is 36.4 Å². The van der Waals surface area contributed by atoms with E-state index in [0.717, 1.165) is 37.7 Å². The molecule has 0 aromatic heterocycles. The van der Waals surface area contributed by atoms with Crippen molar-refractivity contribution in [1.29, 1.82) is 0 Å². The van der Waals surface area contributed by atoms with Gasteiger partial charge in [-0.3, -0.25) is 0 Å². The molecule has 0 heterocycles. The van der Waals surface area contributed by atoms with Crippen LogP contribution < -0.4 is 0 Å². The normalized spacial score (nSPS) is 21.2. The second-order valence-corrected chi connectivity index (χ2v) is 6.28. The highest BCUT2D eigenvalue weighted by molar-refractivity contribution is 5.41. The van der Waals surface area contributed by atoms with Crippen LogP contribution in [0.4, 0.5) is 4.39 Å². The zero-order valence-corrected chi connectivity index (χ0v) is 12.8. The van der Waals surface area contributed by atoms with Crippen molar-refractivity contribution in [1.82, 2.24) is 0 Å². The first-order valence-corrected chi connectivity index (χ1v) is 7.84. The number of halogens is 1. The molecule has 22 heavy (non-hydrogen) atoms. The van der Waals surface area contributed by atoms with Crippen LogP contribution in [0.25, 0.3) is 0 Å². The van der Waals surface area contributed by atoms with Crippen LogP contribution in [0.1, 0.15) is 42.9 Å². The predicted octanol–water partition coefficient (Wildman–Crippen LogP) is 4.46. The lowest BCUT2D eigenvalue weighted by Gasteiger charge is -2.33. The first kappa shape index (κ1) is 14.9. The van der Waals surface area contributed by atoms with Gasteiger partial charge in [-0.2, -0.15) is 0 Å². The molecule has 1 unspecified atom stereocenters. The van der Waals surface area contributed by atoms with Crippen molar-refractivity contribution in [2.45, 2.75) is 44.4 Å². The van der Waals surface area contributed by atoms with Gasteiger partial charge in [-0.25, -0.2) is 4.39 Å². The van der Waals surface area contributed by atoms with E-state index in [1.54, 1.807) is 6.07 Å². The lowest BCUT2D eigenvalue weighted by atomic mass is 9.71. The van der Waals surface area contributed by atoms with E-state index in [9.17, 15) is 14.6 Å². The van der Waals surface area contributed by atoms with Gasteiger partial charge in [0.05, 0.1) is 0 Å². The number of hydrogen-bond acceptors (Lipinski definition) is 2. The molecule has 116 valence electrons. The van der Waals surface area contributed by atoms with Gasteiger partial charge in [0, 0.05) is 0 Å². The first-order valence-electron chi connectivity index (χ1n) is 7.84. The third-order valence-corrected chi connectivity index (χ3v) is 5.06. The molecule has 0 amide bonds. The number of aryl methyl sites for hydroxylation is 1. The van der Waals surface area contributed by atoms with Gasteiger partial charge in [0.1, 0.15) is 5.75 Å². The molecule has 2 N–H and O–H groups in total. The largest absolute Gasteiger partial charge is 0.508 e. The van der Waals surface area contributed by atoms with E-state index < -0.39 is 5.82 Å². The maximum atomic E-state index is 13.8. The van der Waals surface area contributed by atoms with E-state index >= 15 is 0 Å². The number of hydrogen-bond donors (Lipinski definition) is 2. The molecule has 3 rings (SSSR count). The molecule has 0 aliphatic heterocycles. The highest BCUT2D eigenvalue weighted by atomic mass is 19.1. The zero-order valence-electron chi connectivity index (χ0n) is 12.8. The molecule has 2 nitrogen and oxygen atoms in total. The lowest BCUT2D eigenvalue weighted by Crippen LogP contribution is -2.27. The highest BCUT2D eigenvalue weighted by Gasteiger charge is 2.33. The van der Waals surface area contributed by atoms with Gasteiger partial charge in [0.25, 0.3) is 0 Å². The van der Waals surface area contributed by atoms with Crippen LogP contribution in [-0.2, 0) is 18.3 Å². The Morgan fingerprint density at radius 3 is 2.64 bits per heavy atom. The minimum absolute atomic E-state index is 0.114. The highest BCUT2D eigenvalue weighted by Crippen LogP contribution is 2.41. The summed E-state index contributed by atoms with van der Waals surface area (Å²) in [6.07, 6.45) is 4.67. The predicted molar refractivity (Wildman–Crippen MR) is 84.8 cm³/mol. The van der Waals surface area contributed by atoms with Gasteiger partial charge in [-0.1, -0.05) is 19.1 Å². The van der Waals surface area contributed by atoms with E-state index in [0.29, 0.717) is 5.75 Å². The van der Waals surface area contributed by atoms with Crippen molar-refractivity contribution < 1.29 is 14.6 Å². The Bertz CT molecular complexity index is 696. The van der Waals surface area contributed by atoms with Crippen LogP contribution in [0.3, 0.4) is 0 Å². The summed E-state index contributed by atoms with van der Waals surface area (Å²) in [5.41, 5.74) is 3.25. The molecule has 0 saturated heterocycles. The van der Waals surface area contributed by atoms with Crippen molar-refractivity contribution >= 4 is 0 Å². The maximum Gasteiger partial charge on any atom is 0.165 e. The molecule has 0 saturated carbocycles. The minimum atomic E-state index is -0.555. The fourth-order valence-electron chi connectivity index (χ4n) is 3.68. The zero-order chi connectivity index (χ0) is 15.7. The fourth-order valence-corrected chi connectivity index (χ4v) is 3.68. The summed E-state index contributed by atoms with van der Waals surface area (Å²) in [6.45, 7) is 2.14. The van der Waals surface area contributed by atoms with Crippen molar-refractivity contribution in [2.24, 2.45) is 0 Å². The average Bonchev–Trinajstić information content (AvgIpc) is 2.69. The minimum Gasteiger partial charge on any atom is -0.508 e. The van der Waals surface area contributed by atoms with E-state index in [1.807, 2.05) is 18.2 Å². The molecule has 1 aliphatic rings. The van der Waals surface area contributed by atoms with Gasteiger partial charge in [-0.15, -0.1) is 0 Å². The number of rotatable bonds is 2. The summed E-state index contributed by atoms with van der Waals surface area (Å²) >= 11 is 0. The standard InChI is InChI=1S/C19H21FO2/c1-2-19(15-6-8-18(22)17(20)11-15)9-3-4-13-10-16(21)7-5-14(13)12-19/h5-8,10-11,21-22H,2-4,9,12H2,1H3. The molecule has 0 bridgehead atoms. The molecular weight excluding hydrogens is 279 g/mol. The Labute approximate surface area is 130 Å². The van der Waals surface area contributed by atoms with Crippen molar-refractivity contribution in [3.05, 3.63) is 58.9 Å². The number of benzene rings is 2. The smallest absolute Gasteiger partial charge is 0.165 e. The average molecular weight is 300 g/mol. The lowest BCUT2D eigenvalue weighted by molar-refractivity contribution is 0.370. The summed E-state index contributed by atoms with van der Waals surface area (Å²) in [6, 6.07) is 10.3. The van der Waals surface area contributed by atoms with Crippen LogP contribution >= 0.6 is 0 Å². The van der Waals surface area contributed by atoms with Crippen molar-refractivity contribution in [2.75, 3.05) is 0 Å². The Morgan fingerprint density at radius 2 is 1.91 bits per heavy atom. The van der Waals surface area contributed by atoms with Gasteiger partial charge in [0.15, 0.2) is 11.6 Å². The Hall–Kier alpha value is -2.03. The van der Waals surface area contributed by atoms with Crippen LogP contribution in [0.2, 0.25) is 0 Å². The summed E-state index contributed by atoms with van der Waals surface area (Å²) in [5.74, 6) is -0.548. The van der Waals surface area contributed by atoms with E-state index in [2.05, 4.69) is 6.92 Å². The summed E-state index contributed by atoms with van der Waals surface area (Å²) < 4.78 is 13.8. The second kappa shape index (κ2) is 5.64. The number of phenolic OH excluding ortho intramolecular Hbond substituents is 2. The molecule has 1 aliphatic carbocycles. The molecule has 0 radical (unpaired) electrons. The molecular formula is C19H21FO2. The van der Waals surface area contributed by atoms with E-state index in [1.165, 1.54) is 23.3 Å². The van der Waals surface area contributed by atoms with E-state index in [-0.39, 0.29) is 11.2 Å². The topological polar surface area (TPSA) is 40.5 Å². The van der Waals surface area contributed by atoms with Crippen molar-refractivity contribution in [3.63, 3.8) is 0 Å². The summed E-state index contributed by atoms with van der Waals surface area (Å²) in [5, 5.41) is 19.1. The quantitative estimate of drug-likeness (QED) is 0.804. The second-order valence-electron chi connectivity index (χ2n) is 6.28. The third kappa shape index (κ3) is 2.56. The van der Waals surface area contributed by atoms with Gasteiger partial charge in [0.2, 0.25) is 0 Å². The van der Waals surface area contributed by atoms with Crippen LogP contribution in [0.5, 0.6) is 11.5 Å². The Kier molecular flexibility index (Phi) is 3.81. The fraction of sp³-hybridized carbons (Fsp3) is 0.368. The SMILES string of the molecule is CCC1(c2ccc(O)c(F)c2)CCCc2cc(O)ccc2C1. The van der Waals surface area contributed by atoms with E-state index in [4.69, 9.17) is 0 Å². The van der Waals surface area contributed by atoms with Gasteiger partial charge in [-0.05, 0) is 78.5 Å². The number of fused-ring (bicyclic) bond motifs is 1. The molecule has 0 spiro atoms. The Morgan fingerprint density at radius 1 is 1.09 bits per heavy atom. The molecule has 0 fully saturated rings. The summed E-state index contributed by atoms with van der Waals surface area (Å²) in [4.78, 5) is 0. The molecule has 3 heteroatoms. The Balaban J connectivity index is 2.05. The van der Waals surface area contributed by atoms with Gasteiger partial charge < -0.3 is 10.2 Å². The molecule has 2 aromatic rings. The summed E-state index contributed by atoms with van der Waals surface area (Å²) in [7, 11) is 0. The third-order valence-electron chi connectivity index (χ3n) is 5.06. The number of aromatic hydroxyl groups is 2. The first-order chi connectivity index (χ1) is 10.5. The number of phenols is 2. The van der Waals surface area contributed by atoms with Crippen LogP contribution in [-0.4, -0.2) is 10.2 Å². The molecule has 1 atom stereocenters. The van der Waals surface area contributed by atoms with Gasteiger partial charge >= 0.3 is 0 Å².